The molecule has 0 aromatic carbocycles. The number of aromatic nitrogens is 2. The number of hydrogen-bond acceptors (Lipinski definition) is 10. The molecule has 0 radical (unpaired) electrons. The smallest absolute Gasteiger partial charge is 0.321 e. The van der Waals surface area contributed by atoms with Crippen molar-refractivity contribution in [1.82, 2.24) is 31.2 Å². The van der Waals surface area contributed by atoms with Crippen LogP contribution in [-0.2, 0) is 0 Å². The molecule has 0 aliphatic carbocycles. The molecule has 0 fully saturated rings. The van der Waals surface area contributed by atoms with Crippen LogP contribution >= 0.6 is 0 Å². The number of aliphatic imine (C=N–C) groups is 1. The summed E-state index contributed by atoms with van der Waals surface area (Å²) in [6, 6.07) is -0.320. The molecule has 1 aromatic heterocycles. The molecule has 4 unspecified atom stereocenters. The number of urea groups is 2. The summed E-state index contributed by atoms with van der Waals surface area (Å²) in [5.74, 6) is 0.0974. The first kappa shape index (κ1) is 25.7. The van der Waals surface area contributed by atoms with Crippen LogP contribution in [0.2, 0.25) is 0 Å². The lowest BCUT2D eigenvalue weighted by Crippen LogP contribution is -2.53. The number of carbonyl (C=O) groups is 2. The van der Waals surface area contributed by atoms with Crippen LogP contribution in [0, 0.1) is 6.92 Å². The SMILES string of the molecule is CC1=CCN=C(NC(=O)NCC(O)C(O)C(O)C(O)CNC(=O)Nc2nc(=O)cc(C)[nH]2)N1. The number of nitrogens with one attached hydrogen (secondary N) is 6. The van der Waals surface area contributed by atoms with E-state index >= 15 is 0 Å². The van der Waals surface area contributed by atoms with Crippen LogP contribution in [-0.4, -0.2) is 92.5 Å². The Morgan fingerprint density at radius 2 is 1.61 bits per heavy atom. The van der Waals surface area contributed by atoms with Crippen molar-refractivity contribution in [2.75, 3.05) is 25.0 Å². The zero-order chi connectivity index (χ0) is 24.5. The molecule has 15 nitrogen and oxygen atoms in total. The number of aliphatic hydroxyl groups excluding tert-OH is 4. The van der Waals surface area contributed by atoms with Gasteiger partial charge in [0.25, 0.3) is 5.56 Å². The van der Waals surface area contributed by atoms with Gasteiger partial charge in [0.05, 0.1) is 18.8 Å². The lowest BCUT2D eigenvalue weighted by Gasteiger charge is -2.27. The maximum Gasteiger partial charge on any atom is 0.321 e. The van der Waals surface area contributed by atoms with Gasteiger partial charge >= 0.3 is 12.1 Å². The van der Waals surface area contributed by atoms with E-state index in [1.165, 1.54) is 6.07 Å². The minimum atomic E-state index is -1.85. The summed E-state index contributed by atoms with van der Waals surface area (Å²) in [5.41, 5.74) is 0.708. The Kier molecular flexibility index (Phi) is 9.29. The molecule has 0 bridgehead atoms. The van der Waals surface area contributed by atoms with E-state index in [0.29, 0.717) is 12.2 Å². The number of allylic oxidation sites excluding steroid dienone is 1. The molecule has 182 valence electrons. The molecule has 0 saturated carbocycles. The third kappa shape index (κ3) is 8.49. The highest BCUT2D eigenvalue weighted by Gasteiger charge is 2.31. The Hall–Kier alpha value is -3.53. The fourth-order valence-corrected chi connectivity index (χ4v) is 2.65. The van der Waals surface area contributed by atoms with Crippen molar-refractivity contribution in [2.24, 2.45) is 4.99 Å². The molecule has 4 amide bonds. The number of nitrogens with zero attached hydrogens (tertiary/aromatic N) is 2. The molecular formula is C18H28N8O7. The minimum absolute atomic E-state index is 0.118. The molecule has 2 rings (SSSR count). The second-order valence-corrected chi connectivity index (χ2v) is 7.24. The average molecular weight is 468 g/mol. The van der Waals surface area contributed by atoms with Crippen LogP contribution in [0.25, 0.3) is 0 Å². The van der Waals surface area contributed by atoms with Crippen molar-refractivity contribution in [3.05, 3.63) is 33.9 Å². The van der Waals surface area contributed by atoms with E-state index in [1.807, 2.05) is 6.08 Å². The van der Waals surface area contributed by atoms with Crippen LogP contribution in [0.15, 0.2) is 27.6 Å². The van der Waals surface area contributed by atoms with E-state index < -0.39 is 55.1 Å². The van der Waals surface area contributed by atoms with Crippen LogP contribution in [0.5, 0.6) is 0 Å². The predicted octanol–water partition coefficient (Wildman–Crippen LogP) is -3.19. The molecule has 1 aromatic rings. The quantitative estimate of drug-likeness (QED) is 0.185. The molecule has 10 N–H and O–H groups in total. The van der Waals surface area contributed by atoms with E-state index in [2.05, 4.69) is 41.5 Å². The third-order valence-corrected chi connectivity index (χ3v) is 4.39. The second-order valence-electron chi connectivity index (χ2n) is 7.24. The number of rotatable bonds is 8. The molecule has 1 aliphatic heterocycles. The van der Waals surface area contributed by atoms with Crippen molar-refractivity contribution >= 4 is 24.0 Å². The summed E-state index contributed by atoms with van der Waals surface area (Å²) in [6.07, 6.45) is -5.16. The molecule has 0 saturated heterocycles. The van der Waals surface area contributed by atoms with Gasteiger partial charge in [0, 0.05) is 30.5 Å². The van der Waals surface area contributed by atoms with Crippen molar-refractivity contribution < 1.29 is 30.0 Å². The summed E-state index contributed by atoms with van der Waals surface area (Å²) >= 11 is 0. The first-order valence-electron chi connectivity index (χ1n) is 9.93. The maximum absolute atomic E-state index is 11.9. The van der Waals surface area contributed by atoms with E-state index in [4.69, 9.17) is 0 Å². The Balaban J connectivity index is 1.73. The zero-order valence-electron chi connectivity index (χ0n) is 18.0. The number of guanidine groups is 1. The highest BCUT2D eigenvalue weighted by molar-refractivity contribution is 5.97. The van der Waals surface area contributed by atoms with Crippen molar-refractivity contribution in [2.45, 2.75) is 38.3 Å². The lowest BCUT2D eigenvalue weighted by molar-refractivity contribution is -0.101. The summed E-state index contributed by atoms with van der Waals surface area (Å²) in [5, 5.41) is 52.1. The Morgan fingerprint density at radius 3 is 2.15 bits per heavy atom. The molecule has 1 aliphatic rings. The number of carbonyl (C=O) groups excluding carboxylic acids is 2. The summed E-state index contributed by atoms with van der Waals surface area (Å²) < 4.78 is 0. The topological polar surface area (TPSA) is 233 Å². The Bertz CT molecular complexity index is 963. The number of hydrogen-bond donors (Lipinski definition) is 10. The first-order valence-corrected chi connectivity index (χ1v) is 9.93. The van der Waals surface area contributed by atoms with Gasteiger partial charge in [-0.25, -0.2) is 14.6 Å². The van der Waals surface area contributed by atoms with Crippen molar-refractivity contribution in [1.29, 1.82) is 0 Å². The van der Waals surface area contributed by atoms with E-state index in [0.717, 1.165) is 5.70 Å². The van der Waals surface area contributed by atoms with Crippen molar-refractivity contribution in [3.8, 4) is 0 Å². The fraction of sp³-hybridized carbons (Fsp3) is 0.500. The Labute approximate surface area is 188 Å². The maximum atomic E-state index is 11.9. The molecule has 0 spiro atoms. The lowest BCUT2D eigenvalue weighted by atomic mass is 10.0. The molecule has 15 heteroatoms. The van der Waals surface area contributed by atoms with Gasteiger partial charge in [0.15, 0.2) is 0 Å². The number of anilines is 1. The first-order chi connectivity index (χ1) is 15.5. The summed E-state index contributed by atoms with van der Waals surface area (Å²) in [6.45, 7) is 2.83. The Morgan fingerprint density at radius 1 is 1.03 bits per heavy atom. The number of aromatic amines is 1. The number of amides is 4. The van der Waals surface area contributed by atoms with Gasteiger partial charge in [-0.15, -0.1) is 0 Å². The molecule has 4 atom stereocenters. The largest absolute Gasteiger partial charge is 0.388 e. The van der Waals surface area contributed by atoms with E-state index in [-0.39, 0.29) is 11.9 Å². The van der Waals surface area contributed by atoms with Gasteiger partial charge in [0.2, 0.25) is 11.9 Å². The third-order valence-electron chi connectivity index (χ3n) is 4.39. The molecular weight excluding hydrogens is 440 g/mol. The molecule has 2 heterocycles. The fourth-order valence-electron chi connectivity index (χ4n) is 2.65. The van der Waals surface area contributed by atoms with Crippen LogP contribution in [0.4, 0.5) is 15.5 Å². The highest BCUT2D eigenvalue weighted by atomic mass is 16.4. The highest BCUT2D eigenvalue weighted by Crippen LogP contribution is 2.05. The van der Waals surface area contributed by atoms with E-state index in [9.17, 15) is 34.8 Å². The van der Waals surface area contributed by atoms with Crippen LogP contribution in [0.3, 0.4) is 0 Å². The number of aliphatic hydroxyl groups is 4. The zero-order valence-corrected chi connectivity index (χ0v) is 18.0. The van der Waals surface area contributed by atoms with Gasteiger partial charge in [-0.05, 0) is 19.9 Å². The van der Waals surface area contributed by atoms with Gasteiger partial charge in [-0.1, -0.05) is 0 Å². The van der Waals surface area contributed by atoms with Gasteiger partial charge in [-0.2, -0.15) is 4.98 Å². The van der Waals surface area contributed by atoms with Crippen molar-refractivity contribution in [3.63, 3.8) is 0 Å². The normalized spacial score (nSPS) is 16.8. The van der Waals surface area contributed by atoms with E-state index in [1.54, 1.807) is 13.8 Å². The second kappa shape index (κ2) is 11.9. The summed E-state index contributed by atoms with van der Waals surface area (Å²) in [7, 11) is 0. The predicted molar refractivity (Wildman–Crippen MR) is 116 cm³/mol. The summed E-state index contributed by atoms with van der Waals surface area (Å²) in [4.78, 5) is 45.3. The van der Waals surface area contributed by atoms with Crippen LogP contribution in [0.1, 0.15) is 12.6 Å². The average Bonchev–Trinajstić information content (AvgIpc) is 2.74. The number of H-pyrrole nitrogens is 1. The standard InChI is InChI=1S/C18H28N8O7/c1-8-3-4-19-15(22-8)25-17(32)20-6-10(27)13(30)14(31)11(28)7-21-18(33)26-16-23-9(2)5-12(29)24-16/h3,5,10-11,13-14,27-28,30-31H,4,6-7H2,1-2H3,(H3,19,20,22,25,32)(H3,21,23,24,26,29,33). The van der Waals surface area contributed by atoms with Gasteiger partial charge in [0.1, 0.15) is 12.2 Å². The number of aryl methyl sites for hydroxylation is 1. The minimum Gasteiger partial charge on any atom is -0.388 e. The van der Waals surface area contributed by atoms with Gasteiger partial charge in [-0.3, -0.25) is 15.4 Å². The van der Waals surface area contributed by atoms with Gasteiger partial charge < -0.3 is 41.4 Å². The monoisotopic (exact) mass is 468 g/mol. The van der Waals surface area contributed by atoms with Crippen LogP contribution < -0.4 is 32.1 Å². The molecule has 33 heavy (non-hydrogen) atoms.